The molecule has 0 aromatic carbocycles. The van der Waals surface area contributed by atoms with Crippen molar-refractivity contribution in [2.45, 2.75) is 104 Å². The summed E-state index contributed by atoms with van der Waals surface area (Å²) < 4.78 is 0. The number of fused-ring (bicyclic) bond motifs is 5. The van der Waals surface area contributed by atoms with Gasteiger partial charge >= 0.3 is 0 Å². The van der Waals surface area contributed by atoms with Crippen LogP contribution in [0, 0.1) is 46.3 Å². The average molecular weight is 445 g/mol. The van der Waals surface area contributed by atoms with Crippen molar-refractivity contribution >= 4 is 5.78 Å². The van der Waals surface area contributed by atoms with Crippen molar-refractivity contribution in [1.82, 2.24) is 10.2 Å². The highest BCUT2D eigenvalue weighted by molar-refractivity contribution is 5.75. The number of hydrogen-bond donors (Lipinski definition) is 1. The number of carbonyl (C=O) groups excluding carboxylic acids is 1. The lowest BCUT2D eigenvalue weighted by atomic mass is 9.44. The number of rotatable bonds is 8. The first-order valence-electron chi connectivity index (χ1n) is 14.0. The maximum absolute atomic E-state index is 11.6. The van der Waals surface area contributed by atoms with Crippen LogP contribution in [0.1, 0.15) is 98.3 Å². The molecule has 0 bridgehead atoms. The smallest absolute Gasteiger partial charge is 0.129 e. The Morgan fingerprint density at radius 3 is 2.44 bits per heavy atom. The Morgan fingerprint density at radius 2 is 1.72 bits per heavy atom. The minimum atomic E-state index is 0.373. The lowest BCUT2D eigenvalue weighted by Crippen LogP contribution is -2.55. The minimum absolute atomic E-state index is 0.373. The summed E-state index contributed by atoms with van der Waals surface area (Å²) in [6, 6.07) is 0.747. The minimum Gasteiger partial charge on any atom is -0.313 e. The number of nitrogens with one attached hydrogen (secondary N) is 1. The fourth-order valence-corrected chi connectivity index (χ4v) is 9.54. The highest BCUT2D eigenvalue weighted by Gasteiger charge is 2.60. The number of likely N-dealkylation sites (N-methyl/N-ethyl adjacent to an activating group) is 1. The molecule has 184 valence electrons. The Morgan fingerprint density at radius 1 is 1.00 bits per heavy atom. The van der Waals surface area contributed by atoms with Crippen LogP contribution in [0.2, 0.25) is 0 Å². The molecule has 0 heterocycles. The summed E-state index contributed by atoms with van der Waals surface area (Å²) >= 11 is 0. The molecule has 4 rings (SSSR count). The van der Waals surface area contributed by atoms with Crippen molar-refractivity contribution in [3.63, 3.8) is 0 Å². The molecule has 0 aromatic heterocycles. The fourth-order valence-electron chi connectivity index (χ4n) is 9.54. The average Bonchev–Trinajstić information content (AvgIpc) is 3.09. The molecule has 3 heteroatoms. The van der Waals surface area contributed by atoms with E-state index in [0.717, 1.165) is 61.6 Å². The van der Waals surface area contributed by atoms with E-state index in [4.69, 9.17) is 0 Å². The Kier molecular flexibility index (Phi) is 7.48. The predicted octanol–water partition coefficient (Wildman–Crippen LogP) is 6.17. The van der Waals surface area contributed by atoms with Crippen molar-refractivity contribution < 1.29 is 4.79 Å². The van der Waals surface area contributed by atoms with Crippen LogP contribution in [0.4, 0.5) is 0 Å². The summed E-state index contributed by atoms with van der Waals surface area (Å²) in [6.07, 6.45) is 14.9. The van der Waals surface area contributed by atoms with E-state index < -0.39 is 0 Å². The molecule has 0 radical (unpaired) electrons. The topological polar surface area (TPSA) is 32.3 Å². The van der Waals surface area contributed by atoms with E-state index in [0.29, 0.717) is 22.5 Å². The zero-order valence-electron chi connectivity index (χ0n) is 22.1. The standard InChI is InChI=1S/C29H52N2O/c1-20(7-8-21(2)32)25-11-12-26-24-10-9-22-19-23(30-17-18-31(5)6)13-15-28(22,3)27(24)14-16-29(25,26)4/h20,22-27,30H,7-19H2,1-6H3/t20?,22-,23?,24?,25?,26?,27?,28?,29?/m0/s1. The van der Waals surface area contributed by atoms with Crippen LogP contribution in [0.3, 0.4) is 0 Å². The second kappa shape index (κ2) is 9.68. The van der Waals surface area contributed by atoms with Gasteiger partial charge in [0.1, 0.15) is 5.78 Å². The molecule has 0 saturated heterocycles. The Bertz CT molecular complexity index is 662. The zero-order valence-corrected chi connectivity index (χ0v) is 22.1. The first-order valence-corrected chi connectivity index (χ1v) is 14.0. The maximum atomic E-state index is 11.6. The van der Waals surface area contributed by atoms with Gasteiger partial charge in [-0.25, -0.2) is 0 Å². The summed E-state index contributed by atoms with van der Waals surface area (Å²) in [4.78, 5) is 13.9. The molecule has 0 amide bonds. The van der Waals surface area contributed by atoms with E-state index in [2.05, 4.69) is 45.1 Å². The van der Waals surface area contributed by atoms with Crippen LogP contribution in [0.25, 0.3) is 0 Å². The number of Topliss-reactive ketones (excluding diaryl/α,β-unsaturated/α-hetero) is 1. The van der Waals surface area contributed by atoms with Crippen LogP contribution in [-0.4, -0.2) is 43.9 Å². The summed E-state index contributed by atoms with van der Waals surface area (Å²) in [5.74, 6) is 5.74. The van der Waals surface area contributed by atoms with Crippen LogP contribution in [-0.2, 0) is 4.79 Å². The van der Waals surface area contributed by atoms with Crippen LogP contribution < -0.4 is 5.32 Å². The van der Waals surface area contributed by atoms with Gasteiger partial charge in [-0.1, -0.05) is 20.8 Å². The normalized spacial score (nSPS) is 44.6. The van der Waals surface area contributed by atoms with E-state index in [1.54, 1.807) is 6.92 Å². The molecule has 9 atom stereocenters. The summed E-state index contributed by atoms with van der Waals surface area (Å²) in [5.41, 5.74) is 1.12. The molecule has 4 saturated carbocycles. The molecule has 4 fully saturated rings. The molecular formula is C29H52N2O. The SMILES string of the molecule is CC(=O)CCC(C)C1CCC2C3CC[C@H]4CC(NCCN(C)C)CCC4(C)C3CCC12C. The molecule has 0 aromatic rings. The third kappa shape index (κ3) is 4.59. The van der Waals surface area contributed by atoms with E-state index in [1.807, 2.05) is 0 Å². The van der Waals surface area contributed by atoms with Gasteiger partial charge < -0.3 is 15.0 Å². The molecule has 4 aliphatic rings. The van der Waals surface area contributed by atoms with Crippen LogP contribution in [0.15, 0.2) is 0 Å². The van der Waals surface area contributed by atoms with Crippen molar-refractivity contribution in [1.29, 1.82) is 0 Å². The second-order valence-corrected chi connectivity index (χ2v) is 13.3. The number of hydrogen-bond acceptors (Lipinski definition) is 3. The first kappa shape index (κ1) is 24.7. The lowest BCUT2D eigenvalue weighted by Gasteiger charge is -2.61. The molecule has 8 unspecified atom stereocenters. The summed E-state index contributed by atoms with van der Waals surface area (Å²) in [6.45, 7) is 11.9. The number of ketones is 1. The Balaban J connectivity index is 1.40. The maximum Gasteiger partial charge on any atom is 0.129 e. The molecule has 3 nitrogen and oxygen atoms in total. The molecule has 32 heavy (non-hydrogen) atoms. The van der Waals surface area contributed by atoms with E-state index >= 15 is 0 Å². The number of nitrogens with zero attached hydrogens (tertiary/aromatic N) is 1. The highest BCUT2D eigenvalue weighted by atomic mass is 16.1. The van der Waals surface area contributed by atoms with Crippen molar-refractivity contribution in [2.75, 3.05) is 27.2 Å². The van der Waals surface area contributed by atoms with Gasteiger partial charge in [-0.15, -0.1) is 0 Å². The van der Waals surface area contributed by atoms with Gasteiger partial charge in [0, 0.05) is 25.6 Å². The van der Waals surface area contributed by atoms with Crippen molar-refractivity contribution in [3.05, 3.63) is 0 Å². The second-order valence-electron chi connectivity index (χ2n) is 13.3. The molecule has 4 aliphatic carbocycles. The molecule has 0 aliphatic heterocycles. The molecule has 1 N–H and O–H groups in total. The Hall–Kier alpha value is -0.410. The molecule has 0 spiro atoms. The van der Waals surface area contributed by atoms with Crippen LogP contribution >= 0.6 is 0 Å². The largest absolute Gasteiger partial charge is 0.313 e. The van der Waals surface area contributed by atoms with E-state index in [9.17, 15) is 4.79 Å². The van der Waals surface area contributed by atoms with Gasteiger partial charge in [-0.05, 0) is 132 Å². The van der Waals surface area contributed by atoms with Gasteiger partial charge in [0.25, 0.3) is 0 Å². The quantitative estimate of drug-likeness (QED) is 0.486. The van der Waals surface area contributed by atoms with Gasteiger partial charge in [-0.3, -0.25) is 0 Å². The Labute approximate surface area is 198 Å². The van der Waals surface area contributed by atoms with Crippen LogP contribution in [0.5, 0.6) is 0 Å². The van der Waals surface area contributed by atoms with Gasteiger partial charge in [0.15, 0.2) is 0 Å². The van der Waals surface area contributed by atoms with Gasteiger partial charge in [-0.2, -0.15) is 0 Å². The number of carbonyl (C=O) groups is 1. The highest BCUT2D eigenvalue weighted by Crippen LogP contribution is 2.68. The van der Waals surface area contributed by atoms with Gasteiger partial charge in [0.05, 0.1) is 0 Å². The zero-order chi connectivity index (χ0) is 23.1. The predicted molar refractivity (Wildman–Crippen MR) is 135 cm³/mol. The van der Waals surface area contributed by atoms with Crippen molar-refractivity contribution in [3.8, 4) is 0 Å². The van der Waals surface area contributed by atoms with E-state index in [-0.39, 0.29) is 0 Å². The lowest BCUT2D eigenvalue weighted by molar-refractivity contribution is -0.120. The molecular weight excluding hydrogens is 392 g/mol. The first-order chi connectivity index (χ1) is 15.1. The summed E-state index contributed by atoms with van der Waals surface area (Å²) in [5, 5.41) is 3.89. The third-order valence-corrected chi connectivity index (χ3v) is 11.4. The van der Waals surface area contributed by atoms with E-state index in [1.165, 1.54) is 57.8 Å². The van der Waals surface area contributed by atoms with Gasteiger partial charge in [0.2, 0.25) is 0 Å². The fraction of sp³-hybridized carbons (Fsp3) is 0.966. The third-order valence-electron chi connectivity index (χ3n) is 11.4. The summed E-state index contributed by atoms with van der Waals surface area (Å²) in [7, 11) is 4.35. The monoisotopic (exact) mass is 444 g/mol. The van der Waals surface area contributed by atoms with Crippen molar-refractivity contribution in [2.24, 2.45) is 46.3 Å².